The number of hydrogen-bond donors (Lipinski definition) is 0. The Labute approximate surface area is 157 Å². The minimum Gasteiger partial charge on any atom is -0.497 e. The van der Waals surface area contributed by atoms with Crippen LogP contribution in [0.5, 0.6) is 5.75 Å². The average molecular weight is 389 g/mol. The molecule has 0 aliphatic heterocycles. The molecule has 0 saturated heterocycles. The number of rotatable bonds is 8. The van der Waals surface area contributed by atoms with Gasteiger partial charge in [0.15, 0.2) is 0 Å². The highest BCUT2D eigenvalue weighted by atomic mass is 32.2. The molecule has 2 heterocycles. The van der Waals surface area contributed by atoms with Gasteiger partial charge in [0.25, 0.3) is 0 Å². The van der Waals surface area contributed by atoms with Gasteiger partial charge in [-0.25, -0.2) is 8.42 Å². The molecule has 0 spiro atoms. The monoisotopic (exact) mass is 388 g/mol. The lowest BCUT2D eigenvalue weighted by Gasteiger charge is -2.22. The summed E-state index contributed by atoms with van der Waals surface area (Å²) in [6, 6.07) is 14.3. The number of thiophene rings is 1. The SMILES string of the molecule is COc1cccc(S(=O)(=O)N(CCc2cccs2)Cc2cccnc2)c1. The summed E-state index contributed by atoms with van der Waals surface area (Å²) in [5.41, 5.74) is 0.852. The van der Waals surface area contributed by atoms with E-state index in [2.05, 4.69) is 4.98 Å². The zero-order chi connectivity index (χ0) is 18.4. The van der Waals surface area contributed by atoms with E-state index in [1.54, 1.807) is 48.0 Å². The molecule has 0 saturated carbocycles. The molecule has 26 heavy (non-hydrogen) atoms. The number of aromatic nitrogens is 1. The Hall–Kier alpha value is -2.22. The fourth-order valence-corrected chi connectivity index (χ4v) is 4.74. The van der Waals surface area contributed by atoms with Crippen molar-refractivity contribution in [2.45, 2.75) is 17.9 Å². The van der Waals surface area contributed by atoms with Gasteiger partial charge in [0.1, 0.15) is 5.75 Å². The first kappa shape index (κ1) is 18.6. The van der Waals surface area contributed by atoms with Gasteiger partial charge < -0.3 is 4.74 Å². The predicted octanol–water partition coefficient (Wildman–Crippen LogP) is 3.59. The van der Waals surface area contributed by atoms with Gasteiger partial charge in [0.05, 0.1) is 12.0 Å². The maximum Gasteiger partial charge on any atom is 0.243 e. The second-order valence-electron chi connectivity index (χ2n) is 5.71. The second-order valence-corrected chi connectivity index (χ2v) is 8.68. The fraction of sp³-hybridized carbons (Fsp3) is 0.211. The van der Waals surface area contributed by atoms with Crippen LogP contribution in [0.4, 0.5) is 0 Å². The molecule has 1 aromatic carbocycles. The third-order valence-electron chi connectivity index (χ3n) is 3.95. The number of benzene rings is 1. The van der Waals surface area contributed by atoms with E-state index in [-0.39, 0.29) is 11.4 Å². The van der Waals surface area contributed by atoms with Gasteiger partial charge in [-0.2, -0.15) is 4.31 Å². The Balaban J connectivity index is 1.89. The number of ether oxygens (including phenoxy) is 1. The lowest BCUT2D eigenvalue weighted by Crippen LogP contribution is -2.32. The predicted molar refractivity (Wildman–Crippen MR) is 103 cm³/mol. The topological polar surface area (TPSA) is 59.5 Å². The van der Waals surface area contributed by atoms with Crippen LogP contribution in [-0.4, -0.2) is 31.4 Å². The van der Waals surface area contributed by atoms with Crippen LogP contribution in [0.3, 0.4) is 0 Å². The fourth-order valence-electron chi connectivity index (χ4n) is 2.58. The van der Waals surface area contributed by atoms with Crippen LogP contribution in [0.25, 0.3) is 0 Å². The summed E-state index contributed by atoms with van der Waals surface area (Å²) in [6.07, 6.45) is 4.04. The summed E-state index contributed by atoms with van der Waals surface area (Å²) in [7, 11) is -2.13. The van der Waals surface area contributed by atoms with E-state index in [9.17, 15) is 8.42 Å². The van der Waals surface area contributed by atoms with Crippen molar-refractivity contribution in [2.24, 2.45) is 0 Å². The Morgan fingerprint density at radius 1 is 1.15 bits per heavy atom. The van der Waals surface area contributed by atoms with E-state index in [4.69, 9.17) is 4.74 Å². The van der Waals surface area contributed by atoms with Gasteiger partial charge in [0, 0.05) is 36.4 Å². The smallest absolute Gasteiger partial charge is 0.243 e. The van der Waals surface area contributed by atoms with Crippen molar-refractivity contribution < 1.29 is 13.2 Å². The Bertz CT molecular complexity index is 926. The highest BCUT2D eigenvalue weighted by Crippen LogP contribution is 2.23. The van der Waals surface area contributed by atoms with Gasteiger partial charge in [0.2, 0.25) is 10.0 Å². The van der Waals surface area contributed by atoms with Crippen LogP contribution in [0.2, 0.25) is 0 Å². The van der Waals surface area contributed by atoms with Crippen LogP contribution in [0, 0.1) is 0 Å². The molecule has 7 heteroatoms. The molecule has 3 aromatic rings. The van der Waals surface area contributed by atoms with Crippen LogP contribution >= 0.6 is 11.3 Å². The standard InChI is InChI=1S/C19H20N2O3S2/c1-24-17-6-2-8-19(13-17)26(22,23)21(11-9-18-7-4-12-25-18)15-16-5-3-10-20-14-16/h2-8,10,12-14H,9,11,15H2,1H3. The van der Waals surface area contributed by atoms with E-state index in [1.807, 2.05) is 29.6 Å². The lowest BCUT2D eigenvalue weighted by molar-refractivity contribution is 0.404. The minimum atomic E-state index is -3.65. The maximum atomic E-state index is 13.2. The minimum absolute atomic E-state index is 0.229. The van der Waals surface area contributed by atoms with Crippen molar-refractivity contribution in [3.8, 4) is 5.75 Å². The molecule has 5 nitrogen and oxygen atoms in total. The number of pyridine rings is 1. The second kappa shape index (κ2) is 8.44. The van der Waals surface area contributed by atoms with Crippen molar-refractivity contribution in [3.05, 3.63) is 76.7 Å². The van der Waals surface area contributed by atoms with Crippen LogP contribution in [-0.2, 0) is 23.0 Å². The van der Waals surface area contributed by atoms with E-state index in [1.165, 1.54) is 11.4 Å². The van der Waals surface area contributed by atoms with E-state index in [0.29, 0.717) is 18.7 Å². The highest BCUT2D eigenvalue weighted by molar-refractivity contribution is 7.89. The maximum absolute atomic E-state index is 13.2. The molecular formula is C19H20N2O3S2. The Morgan fingerprint density at radius 2 is 2.04 bits per heavy atom. The average Bonchev–Trinajstić information content (AvgIpc) is 3.19. The van der Waals surface area contributed by atoms with Crippen molar-refractivity contribution in [1.82, 2.24) is 9.29 Å². The number of hydrogen-bond acceptors (Lipinski definition) is 5. The first-order chi connectivity index (χ1) is 12.6. The molecule has 2 aromatic heterocycles. The highest BCUT2D eigenvalue weighted by Gasteiger charge is 2.25. The zero-order valence-electron chi connectivity index (χ0n) is 14.4. The van der Waals surface area contributed by atoms with Gasteiger partial charge in [-0.1, -0.05) is 18.2 Å². The molecule has 136 valence electrons. The summed E-state index contributed by atoms with van der Waals surface area (Å²) in [6.45, 7) is 0.674. The molecule has 0 radical (unpaired) electrons. The van der Waals surface area contributed by atoms with E-state index in [0.717, 1.165) is 10.4 Å². The quantitative estimate of drug-likeness (QED) is 0.592. The molecule has 0 amide bonds. The summed E-state index contributed by atoms with van der Waals surface area (Å²) in [5, 5.41) is 2.00. The van der Waals surface area contributed by atoms with E-state index >= 15 is 0 Å². The van der Waals surface area contributed by atoms with Gasteiger partial charge in [-0.15, -0.1) is 11.3 Å². The van der Waals surface area contributed by atoms with Crippen molar-refractivity contribution in [3.63, 3.8) is 0 Å². The molecular weight excluding hydrogens is 368 g/mol. The summed E-state index contributed by atoms with van der Waals surface area (Å²) >= 11 is 1.63. The van der Waals surface area contributed by atoms with E-state index < -0.39 is 10.0 Å². The molecule has 0 aliphatic rings. The zero-order valence-corrected chi connectivity index (χ0v) is 16.0. The molecule has 0 bridgehead atoms. The van der Waals surface area contributed by atoms with Crippen molar-refractivity contribution in [1.29, 1.82) is 0 Å². The molecule has 0 N–H and O–H groups in total. The molecule has 3 rings (SSSR count). The van der Waals surface area contributed by atoms with Crippen LogP contribution < -0.4 is 4.74 Å². The summed E-state index contributed by atoms with van der Waals surface area (Å²) < 4.78 is 33.1. The summed E-state index contributed by atoms with van der Waals surface area (Å²) in [4.78, 5) is 5.47. The molecule has 0 atom stereocenters. The third-order valence-corrected chi connectivity index (χ3v) is 6.73. The number of methoxy groups -OCH3 is 1. The van der Waals surface area contributed by atoms with Gasteiger partial charge in [-0.3, -0.25) is 4.98 Å². The van der Waals surface area contributed by atoms with Gasteiger partial charge in [-0.05, 0) is 41.6 Å². The molecule has 0 fully saturated rings. The molecule has 0 aliphatic carbocycles. The Morgan fingerprint density at radius 3 is 2.73 bits per heavy atom. The summed E-state index contributed by atoms with van der Waals surface area (Å²) in [5.74, 6) is 0.519. The number of nitrogens with zero attached hydrogens (tertiary/aromatic N) is 2. The van der Waals surface area contributed by atoms with Crippen molar-refractivity contribution in [2.75, 3.05) is 13.7 Å². The first-order valence-electron chi connectivity index (χ1n) is 8.15. The third kappa shape index (κ3) is 4.49. The first-order valence-corrected chi connectivity index (χ1v) is 10.5. The van der Waals surface area contributed by atoms with Crippen LogP contribution in [0.15, 0.2) is 71.2 Å². The largest absolute Gasteiger partial charge is 0.497 e. The molecule has 0 unspecified atom stereocenters. The van der Waals surface area contributed by atoms with Crippen LogP contribution in [0.1, 0.15) is 10.4 Å². The van der Waals surface area contributed by atoms with Gasteiger partial charge >= 0.3 is 0 Å². The number of sulfonamides is 1. The Kier molecular flexibility index (Phi) is 6.03. The van der Waals surface area contributed by atoms with Crippen molar-refractivity contribution >= 4 is 21.4 Å². The normalized spacial score (nSPS) is 11.6. The lowest BCUT2D eigenvalue weighted by atomic mass is 10.3.